The molecule has 0 aliphatic carbocycles. The molecule has 0 bridgehead atoms. The summed E-state index contributed by atoms with van der Waals surface area (Å²) in [4.78, 5) is 12.0. The molecule has 0 spiro atoms. The van der Waals surface area contributed by atoms with Gasteiger partial charge in [-0.05, 0) is 71.2 Å². The Hall–Kier alpha value is -1.53. The minimum absolute atomic E-state index is 0.0604. The number of ether oxygens (including phenoxy) is 2. The van der Waals surface area contributed by atoms with Gasteiger partial charge in [0.15, 0.2) is 6.61 Å². The number of amides is 1. The molecule has 1 N–H and O–H groups in total. The van der Waals surface area contributed by atoms with Crippen molar-refractivity contribution in [3.8, 4) is 11.5 Å². The molecule has 6 heteroatoms. The molecule has 2 aromatic rings. The van der Waals surface area contributed by atoms with Crippen LogP contribution in [0.5, 0.6) is 11.5 Å². The molecule has 0 atom stereocenters. The average Bonchev–Trinajstić information content (AvgIpc) is 2.53. The Morgan fingerprint density at radius 2 is 1.83 bits per heavy atom. The number of rotatable bonds is 7. The molecule has 0 aromatic heterocycles. The van der Waals surface area contributed by atoms with E-state index in [1.165, 1.54) is 0 Å². The second-order valence-electron chi connectivity index (χ2n) is 5.24. The van der Waals surface area contributed by atoms with Gasteiger partial charge in [-0.3, -0.25) is 4.79 Å². The van der Waals surface area contributed by atoms with Gasteiger partial charge in [-0.2, -0.15) is 0 Å². The highest BCUT2D eigenvalue weighted by molar-refractivity contribution is 9.11. The molecule has 2 aromatic carbocycles. The van der Waals surface area contributed by atoms with Crippen molar-refractivity contribution in [2.24, 2.45) is 0 Å². The van der Waals surface area contributed by atoms with Gasteiger partial charge in [0.2, 0.25) is 0 Å². The number of nitrogens with one attached hydrogen (secondary N) is 1. The molecule has 0 aliphatic heterocycles. The first kappa shape index (κ1) is 18.8. The lowest BCUT2D eigenvalue weighted by Crippen LogP contribution is -2.20. The number of hydrogen-bond donors (Lipinski definition) is 1. The van der Waals surface area contributed by atoms with Gasteiger partial charge in [0.1, 0.15) is 11.5 Å². The van der Waals surface area contributed by atoms with Gasteiger partial charge in [0.05, 0.1) is 11.1 Å². The highest BCUT2D eigenvalue weighted by Gasteiger charge is 2.10. The quantitative estimate of drug-likeness (QED) is 0.612. The second kappa shape index (κ2) is 9.08. The van der Waals surface area contributed by atoms with Crippen molar-refractivity contribution in [3.63, 3.8) is 0 Å². The Morgan fingerprint density at radius 3 is 2.46 bits per heavy atom. The number of carbonyl (C=O) groups excluding carboxylic acids is 1. The molecule has 0 radical (unpaired) electrons. The number of carbonyl (C=O) groups is 1. The van der Waals surface area contributed by atoms with E-state index in [0.717, 1.165) is 26.7 Å². The molecule has 1 amide bonds. The van der Waals surface area contributed by atoms with E-state index in [9.17, 15) is 4.79 Å². The summed E-state index contributed by atoms with van der Waals surface area (Å²) in [6.07, 6.45) is 0.959. The van der Waals surface area contributed by atoms with Crippen molar-refractivity contribution < 1.29 is 14.3 Å². The third-order valence-corrected chi connectivity index (χ3v) is 4.20. The van der Waals surface area contributed by atoms with E-state index < -0.39 is 0 Å². The van der Waals surface area contributed by atoms with Crippen LogP contribution in [0, 0.1) is 6.92 Å². The van der Waals surface area contributed by atoms with E-state index >= 15 is 0 Å². The average molecular weight is 457 g/mol. The summed E-state index contributed by atoms with van der Waals surface area (Å²) in [5.41, 5.74) is 1.65. The second-order valence-corrected chi connectivity index (χ2v) is 7.01. The third kappa shape index (κ3) is 5.53. The van der Waals surface area contributed by atoms with Gasteiger partial charge in [-0.1, -0.05) is 22.9 Å². The van der Waals surface area contributed by atoms with Crippen molar-refractivity contribution in [1.82, 2.24) is 0 Å². The predicted octanol–water partition coefficient (Wildman–Crippen LogP) is 5.33. The van der Waals surface area contributed by atoms with Gasteiger partial charge in [-0.25, -0.2) is 0 Å². The van der Waals surface area contributed by atoms with Crippen LogP contribution < -0.4 is 14.8 Å². The summed E-state index contributed by atoms with van der Waals surface area (Å²) in [6, 6.07) is 11.1. The normalized spacial score (nSPS) is 10.3. The molecule has 4 nitrogen and oxygen atoms in total. The Bertz CT molecular complexity index is 679. The monoisotopic (exact) mass is 455 g/mol. The fraction of sp³-hybridized carbons (Fsp3) is 0.278. The Kier molecular flexibility index (Phi) is 7.12. The number of halogens is 2. The van der Waals surface area contributed by atoms with E-state index in [-0.39, 0.29) is 12.5 Å². The first-order valence-electron chi connectivity index (χ1n) is 7.60. The van der Waals surface area contributed by atoms with Gasteiger partial charge in [0, 0.05) is 10.2 Å². The number of anilines is 1. The van der Waals surface area contributed by atoms with Crippen LogP contribution in [0.3, 0.4) is 0 Å². The molecular weight excluding hydrogens is 438 g/mol. The van der Waals surface area contributed by atoms with E-state index in [2.05, 4.69) is 44.1 Å². The minimum Gasteiger partial charge on any atom is -0.494 e. The van der Waals surface area contributed by atoms with Gasteiger partial charge < -0.3 is 14.8 Å². The van der Waals surface area contributed by atoms with Crippen molar-refractivity contribution >= 4 is 43.5 Å². The predicted molar refractivity (Wildman–Crippen MR) is 103 cm³/mol. The maximum Gasteiger partial charge on any atom is 0.262 e. The van der Waals surface area contributed by atoms with Crippen molar-refractivity contribution in [2.75, 3.05) is 18.5 Å². The maximum absolute atomic E-state index is 12.0. The van der Waals surface area contributed by atoms with E-state index in [1.807, 2.05) is 43.3 Å². The molecule has 0 unspecified atom stereocenters. The first-order chi connectivity index (χ1) is 11.5. The fourth-order valence-electron chi connectivity index (χ4n) is 2.06. The van der Waals surface area contributed by atoms with Crippen molar-refractivity contribution in [1.29, 1.82) is 0 Å². The summed E-state index contributed by atoms with van der Waals surface area (Å²) in [5.74, 6) is 1.24. The Balaban J connectivity index is 1.89. The Labute approximate surface area is 158 Å². The highest BCUT2D eigenvalue weighted by atomic mass is 79.9. The zero-order chi connectivity index (χ0) is 17.5. The van der Waals surface area contributed by atoms with Gasteiger partial charge >= 0.3 is 0 Å². The maximum atomic E-state index is 12.0. The summed E-state index contributed by atoms with van der Waals surface area (Å²) < 4.78 is 12.9. The zero-order valence-corrected chi connectivity index (χ0v) is 16.7. The third-order valence-electron chi connectivity index (χ3n) is 3.15. The molecule has 128 valence electrons. The van der Waals surface area contributed by atoms with E-state index in [0.29, 0.717) is 18.0 Å². The summed E-state index contributed by atoms with van der Waals surface area (Å²) in [5, 5.41) is 2.80. The van der Waals surface area contributed by atoms with Crippen LogP contribution in [0.2, 0.25) is 0 Å². The topological polar surface area (TPSA) is 47.6 Å². The number of aryl methyl sites for hydroxylation is 1. The number of hydrogen-bond acceptors (Lipinski definition) is 3. The van der Waals surface area contributed by atoms with Crippen LogP contribution in [0.15, 0.2) is 45.3 Å². The van der Waals surface area contributed by atoms with Crippen molar-refractivity contribution in [2.45, 2.75) is 20.3 Å². The largest absolute Gasteiger partial charge is 0.494 e. The minimum atomic E-state index is -0.216. The molecule has 0 heterocycles. The van der Waals surface area contributed by atoms with Crippen LogP contribution >= 0.6 is 31.9 Å². The molecule has 0 aliphatic rings. The smallest absolute Gasteiger partial charge is 0.262 e. The van der Waals surface area contributed by atoms with Gasteiger partial charge in [0.25, 0.3) is 5.91 Å². The molecular formula is C18H19Br2NO3. The standard InChI is InChI=1S/C18H19Br2NO3/c1-3-8-23-15-6-4-14(5-7-15)21-17(22)11-24-18-12(2)9-13(19)10-16(18)20/h4-7,9-10H,3,8,11H2,1-2H3,(H,21,22). The van der Waals surface area contributed by atoms with Crippen LogP contribution in [0.25, 0.3) is 0 Å². The molecule has 0 fully saturated rings. The van der Waals surface area contributed by atoms with E-state index in [4.69, 9.17) is 9.47 Å². The van der Waals surface area contributed by atoms with Crippen molar-refractivity contribution in [3.05, 3.63) is 50.9 Å². The molecule has 2 rings (SSSR count). The SMILES string of the molecule is CCCOc1ccc(NC(=O)COc2c(C)cc(Br)cc2Br)cc1. The summed E-state index contributed by atoms with van der Waals surface area (Å²) >= 11 is 6.86. The van der Waals surface area contributed by atoms with Crippen LogP contribution in [-0.2, 0) is 4.79 Å². The molecule has 0 saturated carbocycles. The summed E-state index contributed by atoms with van der Waals surface area (Å²) in [6.45, 7) is 4.61. The number of benzene rings is 2. The summed E-state index contributed by atoms with van der Waals surface area (Å²) in [7, 11) is 0. The van der Waals surface area contributed by atoms with Crippen LogP contribution in [0.1, 0.15) is 18.9 Å². The highest BCUT2D eigenvalue weighted by Crippen LogP contribution is 2.32. The lowest BCUT2D eigenvalue weighted by Gasteiger charge is -2.12. The molecule has 24 heavy (non-hydrogen) atoms. The zero-order valence-electron chi connectivity index (χ0n) is 13.6. The Morgan fingerprint density at radius 1 is 1.12 bits per heavy atom. The van der Waals surface area contributed by atoms with E-state index in [1.54, 1.807) is 0 Å². The molecule has 0 saturated heterocycles. The van der Waals surface area contributed by atoms with Gasteiger partial charge in [-0.15, -0.1) is 0 Å². The first-order valence-corrected chi connectivity index (χ1v) is 9.19. The van der Waals surface area contributed by atoms with Crippen LogP contribution in [0.4, 0.5) is 5.69 Å². The van der Waals surface area contributed by atoms with Crippen LogP contribution in [-0.4, -0.2) is 19.1 Å². The fourth-order valence-corrected chi connectivity index (χ4v) is 3.61. The lowest BCUT2D eigenvalue weighted by molar-refractivity contribution is -0.118. The lowest BCUT2D eigenvalue weighted by atomic mass is 10.2.